The van der Waals surface area contributed by atoms with Crippen LogP contribution in [0.25, 0.3) is 0 Å². The number of rotatable bonds is 3. The van der Waals surface area contributed by atoms with Crippen molar-refractivity contribution in [1.29, 1.82) is 0 Å². The fraction of sp³-hybridized carbons (Fsp3) is 0.176. The Kier molecular flexibility index (Phi) is 4.82. The molecule has 11 heteroatoms. The van der Waals surface area contributed by atoms with Gasteiger partial charge in [-0.15, -0.1) is 13.2 Å². The monoisotopic (exact) mass is 463 g/mol. The maximum atomic E-state index is 14.3. The predicted molar refractivity (Wildman–Crippen MR) is 92.4 cm³/mol. The maximum Gasteiger partial charge on any atom is 0.573 e. The van der Waals surface area contributed by atoms with E-state index < -0.39 is 35.2 Å². The quantitative estimate of drug-likeness (QED) is 0.706. The van der Waals surface area contributed by atoms with E-state index >= 15 is 0 Å². The third-order valence-electron chi connectivity index (χ3n) is 4.15. The molecule has 1 unspecified atom stereocenters. The number of halogens is 6. The molecular formula is C17H11BrF5N3O2. The fourth-order valence-electron chi connectivity index (χ4n) is 2.84. The number of likely N-dealkylation sites (N-methyl/N-ethyl adjacent to an activating group) is 1. The summed E-state index contributed by atoms with van der Waals surface area (Å²) in [5.41, 5.74) is 3.88. The minimum absolute atomic E-state index is 0.0120. The number of guanidine groups is 1. The van der Waals surface area contributed by atoms with Crippen LogP contribution in [-0.4, -0.2) is 30.2 Å². The first-order chi connectivity index (χ1) is 13.0. The van der Waals surface area contributed by atoms with E-state index in [0.29, 0.717) is 6.07 Å². The second kappa shape index (κ2) is 6.73. The lowest BCUT2D eigenvalue weighted by Gasteiger charge is -2.26. The van der Waals surface area contributed by atoms with Crippen LogP contribution in [0.3, 0.4) is 0 Å². The smallest absolute Gasteiger partial charge is 0.403 e. The summed E-state index contributed by atoms with van der Waals surface area (Å²) in [5.74, 6) is -3.92. The summed E-state index contributed by atoms with van der Waals surface area (Å²) in [5, 5.41) is 0. The summed E-state index contributed by atoms with van der Waals surface area (Å²) in [4.78, 5) is 18.1. The molecule has 28 heavy (non-hydrogen) atoms. The number of carbonyl (C=O) groups excluding carboxylic acids is 1. The number of ether oxygens (including phenoxy) is 1. The van der Waals surface area contributed by atoms with Crippen molar-refractivity contribution in [2.24, 2.45) is 10.7 Å². The van der Waals surface area contributed by atoms with Crippen molar-refractivity contribution >= 4 is 27.8 Å². The molecule has 0 aliphatic carbocycles. The van der Waals surface area contributed by atoms with Gasteiger partial charge in [0.25, 0.3) is 5.91 Å². The summed E-state index contributed by atoms with van der Waals surface area (Å²) in [7, 11) is 1.33. The molecule has 1 aliphatic heterocycles. The fourth-order valence-corrected chi connectivity index (χ4v) is 3.22. The Morgan fingerprint density at radius 2 is 1.71 bits per heavy atom. The van der Waals surface area contributed by atoms with Gasteiger partial charge in [-0.2, -0.15) is 0 Å². The third kappa shape index (κ3) is 3.30. The summed E-state index contributed by atoms with van der Waals surface area (Å²) in [6.45, 7) is 0. The molecule has 0 fully saturated rings. The maximum absolute atomic E-state index is 14.3. The summed E-state index contributed by atoms with van der Waals surface area (Å²) in [6, 6.07) is 6.08. The van der Waals surface area contributed by atoms with Gasteiger partial charge in [-0.25, -0.2) is 13.8 Å². The standard InChI is InChI=1S/C17H11BrF5N3O2/c1-26-14(27)16(25-15(26)24,8-2-4-11(19)10(18)6-8)9-3-5-13(12(20)7-9)28-17(21,22)23/h2-7H,1H3,(H2,24,25). The highest BCUT2D eigenvalue weighted by Crippen LogP contribution is 2.41. The second-order valence-corrected chi connectivity index (χ2v) is 6.72. The molecule has 1 amide bonds. The molecule has 2 N–H and O–H groups in total. The van der Waals surface area contributed by atoms with Crippen molar-refractivity contribution in [2.75, 3.05) is 7.05 Å². The van der Waals surface area contributed by atoms with Crippen LogP contribution in [0.15, 0.2) is 45.9 Å². The van der Waals surface area contributed by atoms with Crippen molar-refractivity contribution in [1.82, 2.24) is 4.90 Å². The molecule has 5 nitrogen and oxygen atoms in total. The van der Waals surface area contributed by atoms with E-state index in [-0.39, 0.29) is 21.6 Å². The van der Waals surface area contributed by atoms with Gasteiger partial charge in [0.05, 0.1) is 4.47 Å². The molecule has 3 rings (SSSR count). The lowest BCUT2D eigenvalue weighted by Crippen LogP contribution is -2.41. The van der Waals surface area contributed by atoms with E-state index in [0.717, 1.165) is 23.1 Å². The van der Waals surface area contributed by atoms with E-state index in [1.54, 1.807) is 0 Å². The van der Waals surface area contributed by atoms with Crippen molar-refractivity contribution < 1.29 is 31.5 Å². The van der Waals surface area contributed by atoms with Crippen LogP contribution < -0.4 is 10.5 Å². The normalized spacial score (nSPS) is 19.8. The number of hydrogen-bond acceptors (Lipinski definition) is 4. The molecule has 148 valence electrons. The van der Waals surface area contributed by atoms with Gasteiger partial charge in [-0.05, 0) is 51.3 Å². The van der Waals surface area contributed by atoms with Gasteiger partial charge in [-0.3, -0.25) is 9.69 Å². The first-order valence-corrected chi connectivity index (χ1v) is 8.40. The Bertz CT molecular complexity index is 995. The van der Waals surface area contributed by atoms with E-state index in [2.05, 4.69) is 25.7 Å². The number of benzene rings is 2. The average molecular weight is 464 g/mol. The number of alkyl halides is 3. The van der Waals surface area contributed by atoms with Crippen molar-refractivity contribution in [2.45, 2.75) is 11.9 Å². The molecule has 0 radical (unpaired) electrons. The van der Waals surface area contributed by atoms with Crippen LogP contribution in [0.5, 0.6) is 5.75 Å². The van der Waals surface area contributed by atoms with Crippen molar-refractivity contribution in [3.05, 3.63) is 63.6 Å². The van der Waals surface area contributed by atoms with Gasteiger partial charge in [0.2, 0.25) is 0 Å². The number of nitrogens with two attached hydrogens (primary N) is 1. The minimum Gasteiger partial charge on any atom is -0.403 e. The molecule has 1 aliphatic rings. The van der Waals surface area contributed by atoms with Crippen LogP contribution in [0.2, 0.25) is 0 Å². The molecule has 2 aromatic carbocycles. The highest BCUT2D eigenvalue weighted by atomic mass is 79.9. The third-order valence-corrected chi connectivity index (χ3v) is 4.76. The topological polar surface area (TPSA) is 67.9 Å². The highest BCUT2D eigenvalue weighted by molar-refractivity contribution is 9.10. The number of aliphatic imine (C=N–C) groups is 1. The molecule has 1 atom stereocenters. The number of hydrogen-bond donors (Lipinski definition) is 1. The lowest BCUT2D eigenvalue weighted by molar-refractivity contribution is -0.275. The number of nitrogens with zero attached hydrogens (tertiary/aromatic N) is 2. The van der Waals surface area contributed by atoms with Gasteiger partial charge in [0, 0.05) is 7.05 Å². The van der Waals surface area contributed by atoms with Gasteiger partial charge in [0.1, 0.15) is 5.82 Å². The molecule has 2 aromatic rings. The molecule has 0 aromatic heterocycles. The molecule has 0 saturated heterocycles. The Morgan fingerprint density at radius 3 is 2.21 bits per heavy atom. The summed E-state index contributed by atoms with van der Waals surface area (Å²) < 4.78 is 68.7. The van der Waals surface area contributed by atoms with Crippen LogP contribution >= 0.6 is 15.9 Å². The van der Waals surface area contributed by atoms with E-state index in [1.165, 1.54) is 19.2 Å². The predicted octanol–water partition coefficient (Wildman–Crippen LogP) is 3.66. The largest absolute Gasteiger partial charge is 0.573 e. The Labute approximate surface area is 163 Å². The highest BCUT2D eigenvalue weighted by Gasteiger charge is 2.50. The minimum atomic E-state index is -5.09. The molecule has 0 saturated carbocycles. The molecule has 0 spiro atoms. The van der Waals surface area contributed by atoms with E-state index in [9.17, 15) is 26.7 Å². The van der Waals surface area contributed by atoms with Gasteiger partial charge in [-0.1, -0.05) is 12.1 Å². The number of carbonyl (C=O) groups is 1. The van der Waals surface area contributed by atoms with Crippen LogP contribution in [0.1, 0.15) is 11.1 Å². The van der Waals surface area contributed by atoms with Gasteiger partial charge >= 0.3 is 6.36 Å². The zero-order valence-electron chi connectivity index (χ0n) is 14.0. The summed E-state index contributed by atoms with van der Waals surface area (Å²) >= 11 is 3.00. The first-order valence-electron chi connectivity index (χ1n) is 7.60. The molecular weight excluding hydrogens is 453 g/mol. The van der Waals surface area contributed by atoms with Crippen molar-refractivity contribution in [3.8, 4) is 5.75 Å². The Morgan fingerprint density at radius 1 is 1.11 bits per heavy atom. The van der Waals surface area contributed by atoms with Crippen LogP contribution in [0, 0.1) is 11.6 Å². The van der Waals surface area contributed by atoms with Gasteiger partial charge < -0.3 is 10.5 Å². The number of amides is 1. The average Bonchev–Trinajstić information content (AvgIpc) is 2.83. The second-order valence-electron chi connectivity index (χ2n) is 5.87. The zero-order chi connectivity index (χ0) is 20.9. The van der Waals surface area contributed by atoms with E-state index in [1.807, 2.05) is 0 Å². The van der Waals surface area contributed by atoms with Crippen LogP contribution in [0.4, 0.5) is 22.0 Å². The molecule has 1 heterocycles. The van der Waals surface area contributed by atoms with E-state index in [4.69, 9.17) is 5.73 Å². The zero-order valence-corrected chi connectivity index (χ0v) is 15.6. The van der Waals surface area contributed by atoms with Crippen molar-refractivity contribution in [3.63, 3.8) is 0 Å². The lowest BCUT2D eigenvalue weighted by atomic mass is 9.82. The first kappa shape index (κ1) is 20.1. The van der Waals surface area contributed by atoms with Crippen LogP contribution in [-0.2, 0) is 10.3 Å². The Balaban J connectivity index is 2.21. The molecule has 0 bridgehead atoms. The summed E-state index contributed by atoms with van der Waals surface area (Å²) in [6.07, 6.45) is -5.09. The Hall–Kier alpha value is -2.69. The SMILES string of the molecule is CN1C(=O)C(c2ccc(OC(F)(F)F)c(F)c2)(c2ccc(F)c(Br)c2)N=C1N. The van der Waals surface area contributed by atoms with Gasteiger partial charge in [0.15, 0.2) is 23.1 Å².